The van der Waals surface area contributed by atoms with E-state index in [1.807, 2.05) is 32.0 Å². The molecule has 0 saturated heterocycles. The van der Waals surface area contributed by atoms with Crippen LogP contribution in [-0.2, 0) is 6.54 Å². The molecule has 5 heteroatoms. The van der Waals surface area contributed by atoms with E-state index in [0.717, 1.165) is 10.9 Å². The maximum Gasteiger partial charge on any atom is 0.272 e. The lowest BCUT2D eigenvalue weighted by Crippen LogP contribution is -2.28. The minimum atomic E-state index is -0.320. The summed E-state index contributed by atoms with van der Waals surface area (Å²) in [6.07, 6.45) is 3.20. The first kappa shape index (κ1) is 15.0. The molecule has 0 unspecified atom stereocenters. The monoisotopic (exact) mass is 307 g/mol. The van der Waals surface area contributed by atoms with Gasteiger partial charge in [0.2, 0.25) is 0 Å². The third kappa shape index (κ3) is 2.85. The highest BCUT2D eigenvalue weighted by atomic mass is 16.2. The maximum absolute atomic E-state index is 12.7. The van der Waals surface area contributed by atoms with E-state index >= 15 is 0 Å². The molecule has 1 N–H and O–H groups in total. The number of aromatic nitrogens is 2. The lowest BCUT2D eigenvalue weighted by molar-refractivity contribution is 0.101. The summed E-state index contributed by atoms with van der Waals surface area (Å²) in [7, 11) is 0. The first-order valence-electron chi connectivity index (χ1n) is 7.45. The summed E-state index contributed by atoms with van der Waals surface area (Å²) in [5, 5.41) is 4.17. The van der Waals surface area contributed by atoms with Gasteiger partial charge >= 0.3 is 0 Å². The molecule has 1 aromatic carbocycles. The van der Waals surface area contributed by atoms with Crippen molar-refractivity contribution in [2.24, 2.45) is 0 Å². The van der Waals surface area contributed by atoms with Crippen molar-refractivity contribution < 1.29 is 4.79 Å². The highest BCUT2D eigenvalue weighted by molar-refractivity contribution is 6.05. The number of rotatable bonds is 3. The fourth-order valence-electron chi connectivity index (χ4n) is 2.60. The first-order chi connectivity index (χ1) is 11.1. The van der Waals surface area contributed by atoms with Gasteiger partial charge in [-0.3, -0.25) is 14.6 Å². The molecule has 3 rings (SSSR count). The first-order valence-corrected chi connectivity index (χ1v) is 7.45. The molecule has 0 saturated carbocycles. The molecular weight excluding hydrogens is 290 g/mol. The van der Waals surface area contributed by atoms with Gasteiger partial charge in [-0.1, -0.05) is 17.7 Å². The van der Waals surface area contributed by atoms with E-state index < -0.39 is 0 Å². The van der Waals surface area contributed by atoms with Gasteiger partial charge < -0.3 is 9.88 Å². The quantitative estimate of drug-likeness (QED) is 0.809. The fraction of sp³-hybridized carbons (Fsp3) is 0.167. The van der Waals surface area contributed by atoms with Crippen LogP contribution in [0.5, 0.6) is 0 Å². The predicted molar refractivity (Wildman–Crippen MR) is 90.8 cm³/mol. The molecule has 116 valence electrons. The summed E-state index contributed by atoms with van der Waals surface area (Å²) in [4.78, 5) is 29.2. The highest BCUT2D eigenvalue weighted by Crippen LogP contribution is 2.16. The standard InChI is InChI=1S/C18H17N3O2/c1-3-21-16(17(22)20-14-5-4-8-19-11-14)10-13-7-6-12(2)9-15(13)18(21)23/h4-11H,3H2,1-2H3,(H,20,22). The van der Waals surface area contributed by atoms with E-state index in [2.05, 4.69) is 10.3 Å². The van der Waals surface area contributed by atoms with Gasteiger partial charge in [0, 0.05) is 18.1 Å². The molecule has 3 aromatic rings. The van der Waals surface area contributed by atoms with Gasteiger partial charge in [0.25, 0.3) is 11.5 Å². The van der Waals surface area contributed by atoms with Crippen molar-refractivity contribution in [1.82, 2.24) is 9.55 Å². The summed E-state index contributed by atoms with van der Waals surface area (Å²) in [5.41, 5.74) is 1.81. The van der Waals surface area contributed by atoms with Crippen LogP contribution in [-0.4, -0.2) is 15.5 Å². The van der Waals surface area contributed by atoms with Crippen LogP contribution in [0.25, 0.3) is 10.8 Å². The van der Waals surface area contributed by atoms with Crippen LogP contribution in [0, 0.1) is 6.92 Å². The number of anilines is 1. The molecule has 0 aliphatic rings. The third-order valence-corrected chi connectivity index (χ3v) is 3.74. The van der Waals surface area contributed by atoms with Crippen molar-refractivity contribution in [3.63, 3.8) is 0 Å². The number of pyridine rings is 2. The van der Waals surface area contributed by atoms with Crippen molar-refractivity contribution in [3.8, 4) is 0 Å². The molecule has 0 aliphatic carbocycles. The zero-order valence-corrected chi connectivity index (χ0v) is 13.0. The number of hydrogen-bond donors (Lipinski definition) is 1. The molecule has 23 heavy (non-hydrogen) atoms. The number of benzene rings is 1. The second-order valence-corrected chi connectivity index (χ2v) is 5.37. The molecule has 5 nitrogen and oxygen atoms in total. The minimum Gasteiger partial charge on any atom is -0.319 e. The molecule has 1 amide bonds. The van der Waals surface area contributed by atoms with Gasteiger partial charge in [0.1, 0.15) is 5.69 Å². The number of hydrogen-bond acceptors (Lipinski definition) is 3. The van der Waals surface area contributed by atoms with Gasteiger partial charge in [-0.05, 0) is 43.5 Å². The number of nitrogens with zero attached hydrogens (tertiary/aromatic N) is 2. The van der Waals surface area contributed by atoms with E-state index in [1.165, 1.54) is 4.57 Å². The van der Waals surface area contributed by atoms with Crippen LogP contribution in [0.4, 0.5) is 5.69 Å². The Bertz CT molecular complexity index is 930. The van der Waals surface area contributed by atoms with Gasteiger partial charge in [-0.2, -0.15) is 0 Å². The summed E-state index contributed by atoms with van der Waals surface area (Å²) in [6.45, 7) is 4.22. The van der Waals surface area contributed by atoms with Crippen LogP contribution in [0.2, 0.25) is 0 Å². The molecule has 0 spiro atoms. The number of fused-ring (bicyclic) bond motifs is 1. The van der Waals surface area contributed by atoms with Crippen LogP contribution < -0.4 is 10.9 Å². The maximum atomic E-state index is 12.7. The Kier molecular flexibility index (Phi) is 3.93. The smallest absolute Gasteiger partial charge is 0.272 e. The van der Waals surface area contributed by atoms with Crippen molar-refractivity contribution in [2.75, 3.05) is 5.32 Å². The van der Waals surface area contributed by atoms with Crippen LogP contribution >= 0.6 is 0 Å². The van der Waals surface area contributed by atoms with Crippen molar-refractivity contribution in [3.05, 3.63) is 70.4 Å². The van der Waals surface area contributed by atoms with E-state index in [9.17, 15) is 9.59 Å². The molecule has 2 heterocycles. The number of nitrogens with one attached hydrogen (secondary N) is 1. The van der Waals surface area contributed by atoms with Gasteiger partial charge in [0.05, 0.1) is 11.9 Å². The Morgan fingerprint density at radius 1 is 1.26 bits per heavy atom. The largest absolute Gasteiger partial charge is 0.319 e. The second kappa shape index (κ2) is 6.04. The van der Waals surface area contributed by atoms with Crippen LogP contribution in [0.1, 0.15) is 23.0 Å². The molecule has 0 fully saturated rings. The van der Waals surface area contributed by atoms with Crippen molar-refractivity contribution >= 4 is 22.4 Å². The topological polar surface area (TPSA) is 64.0 Å². The Morgan fingerprint density at radius 3 is 2.78 bits per heavy atom. The minimum absolute atomic E-state index is 0.148. The Hall–Kier alpha value is -2.95. The Balaban J connectivity index is 2.11. The van der Waals surface area contributed by atoms with Gasteiger partial charge in [0.15, 0.2) is 0 Å². The fourth-order valence-corrected chi connectivity index (χ4v) is 2.60. The average Bonchev–Trinajstić information content (AvgIpc) is 2.56. The highest BCUT2D eigenvalue weighted by Gasteiger charge is 2.15. The molecule has 0 radical (unpaired) electrons. The normalized spacial score (nSPS) is 10.7. The number of carbonyl (C=O) groups excluding carboxylic acids is 1. The predicted octanol–water partition coefficient (Wildman–Crippen LogP) is 2.98. The summed E-state index contributed by atoms with van der Waals surface area (Å²) in [6, 6.07) is 10.9. The van der Waals surface area contributed by atoms with E-state index in [-0.39, 0.29) is 11.5 Å². The lowest BCUT2D eigenvalue weighted by atomic mass is 10.1. The zero-order valence-electron chi connectivity index (χ0n) is 13.0. The molecule has 0 atom stereocenters. The second-order valence-electron chi connectivity index (χ2n) is 5.37. The Labute approximate surface area is 133 Å². The molecular formula is C18H17N3O2. The average molecular weight is 307 g/mol. The number of carbonyl (C=O) groups is 1. The van der Waals surface area contributed by atoms with E-state index in [4.69, 9.17) is 0 Å². The third-order valence-electron chi connectivity index (χ3n) is 3.74. The Morgan fingerprint density at radius 2 is 2.09 bits per heavy atom. The molecule has 0 bridgehead atoms. The van der Waals surface area contributed by atoms with Gasteiger partial charge in [-0.15, -0.1) is 0 Å². The van der Waals surface area contributed by atoms with E-state index in [1.54, 1.807) is 30.6 Å². The number of aryl methyl sites for hydroxylation is 1. The van der Waals surface area contributed by atoms with Crippen LogP contribution in [0.3, 0.4) is 0 Å². The van der Waals surface area contributed by atoms with Crippen LogP contribution in [0.15, 0.2) is 53.6 Å². The lowest BCUT2D eigenvalue weighted by Gasteiger charge is -2.13. The molecule has 0 aliphatic heterocycles. The number of amides is 1. The van der Waals surface area contributed by atoms with E-state index in [0.29, 0.717) is 23.3 Å². The summed E-state index contributed by atoms with van der Waals surface area (Å²) < 4.78 is 1.49. The SMILES string of the molecule is CCn1c(C(=O)Nc2cccnc2)cc2ccc(C)cc2c1=O. The molecule has 2 aromatic heterocycles. The summed E-state index contributed by atoms with van der Waals surface area (Å²) in [5.74, 6) is -0.320. The van der Waals surface area contributed by atoms with Gasteiger partial charge in [-0.25, -0.2) is 0 Å². The summed E-state index contributed by atoms with van der Waals surface area (Å²) >= 11 is 0. The van der Waals surface area contributed by atoms with Crippen molar-refractivity contribution in [1.29, 1.82) is 0 Å². The zero-order chi connectivity index (χ0) is 16.4. The van der Waals surface area contributed by atoms with Crippen molar-refractivity contribution in [2.45, 2.75) is 20.4 Å².